The van der Waals surface area contributed by atoms with E-state index in [9.17, 15) is 14.4 Å². The van der Waals surface area contributed by atoms with Gasteiger partial charge in [0.15, 0.2) is 0 Å². The Kier molecular flexibility index (Phi) is 27.7. The van der Waals surface area contributed by atoms with Crippen LogP contribution in [0.5, 0.6) is 0 Å². The molecule has 13 nitrogen and oxygen atoms in total. The molecule has 288 valence electrons. The van der Waals surface area contributed by atoms with Crippen molar-refractivity contribution < 1.29 is 57.0 Å². The zero-order valence-electron chi connectivity index (χ0n) is 30.4. The first kappa shape index (κ1) is 44.3. The van der Waals surface area contributed by atoms with Gasteiger partial charge in [0.1, 0.15) is 11.6 Å². The molecule has 2 rings (SSSR count). The van der Waals surface area contributed by atoms with Crippen LogP contribution in [0.3, 0.4) is 0 Å². The molecule has 2 aromatic rings. The minimum Gasteiger partial charge on any atom is -0.381 e. The minimum absolute atomic E-state index is 0.0240. The van der Waals surface area contributed by atoms with Crippen molar-refractivity contribution in [1.29, 1.82) is 0 Å². The van der Waals surface area contributed by atoms with Crippen molar-refractivity contribution in [3.8, 4) is 0 Å². The molecule has 0 saturated carbocycles. The van der Waals surface area contributed by atoms with Crippen LogP contribution < -0.4 is 5.32 Å². The topological polar surface area (TPSA) is 146 Å². The second kappa shape index (κ2) is 31.9. The summed E-state index contributed by atoms with van der Waals surface area (Å²) in [5.74, 6) is 0.223. The van der Waals surface area contributed by atoms with Crippen LogP contribution in [0.15, 0.2) is 42.5 Å². The molecule has 0 bridgehead atoms. The molecular formula is C38H59NO12. The number of amides is 1. The van der Waals surface area contributed by atoms with Crippen molar-refractivity contribution in [3.63, 3.8) is 0 Å². The van der Waals surface area contributed by atoms with E-state index in [0.29, 0.717) is 158 Å². The predicted molar refractivity (Wildman–Crippen MR) is 192 cm³/mol. The maximum absolute atomic E-state index is 12.2. The quantitative estimate of drug-likeness (QED) is 0.103. The van der Waals surface area contributed by atoms with E-state index >= 15 is 0 Å². The predicted octanol–water partition coefficient (Wildman–Crippen LogP) is 3.37. The van der Waals surface area contributed by atoms with Crippen LogP contribution >= 0.6 is 0 Å². The summed E-state index contributed by atoms with van der Waals surface area (Å²) in [5.41, 5.74) is 0.988. The van der Waals surface area contributed by atoms with Crippen LogP contribution in [-0.2, 0) is 63.4 Å². The minimum atomic E-state index is -0.0240. The molecule has 1 N–H and O–H groups in total. The Morgan fingerprint density at radius 2 is 0.941 bits per heavy atom. The second-order valence-electron chi connectivity index (χ2n) is 11.6. The number of ketones is 2. The fourth-order valence-corrected chi connectivity index (χ4v) is 4.50. The van der Waals surface area contributed by atoms with E-state index in [1.807, 2.05) is 36.4 Å². The van der Waals surface area contributed by atoms with E-state index in [0.717, 1.165) is 16.3 Å². The number of ether oxygens (including phenoxy) is 9. The van der Waals surface area contributed by atoms with Gasteiger partial charge in [-0.15, -0.1) is 0 Å². The fourth-order valence-electron chi connectivity index (χ4n) is 4.50. The van der Waals surface area contributed by atoms with Gasteiger partial charge < -0.3 is 47.9 Å². The zero-order valence-corrected chi connectivity index (χ0v) is 30.4. The molecular weight excluding hydrogens is 662 g/mol. The highest BCUT2D eigenvalue weighted by molar-refractivity contribution is 5.85. The molecule has 0 heterocycles. The molecule has 0 atom stereocenters. The lowest BCUT2D eigenvalue weighted by Crippen LogP contribution is -2.29. The standard InChI is InChI=1S/C38H59NO12/c1-33(40)10-14-43-13-4-7-37(41)11-15-44-17-19-46-21-23-48-25-27-50-29-30-51-28-26-49-24-22-47-20-18-45-16-12-39-38(42)32-34-8-9-35-5-2-3-6-36(35)31-34/h2-3,5-6,8-9,31H,4,7,10-30,32H2,1H3,(H,39,42). The molecule has 0 saturated heterocycles. The van der Waals surface area contributed by atoms with Gasteiger partial charge in [-0.2, -0.15) is 0 Å². The Bertz CT molecular complexity index is 1180. The number of benzene rings is 2. The first-order chi connectivity index (χ1) is 25.0. The van der Waals surface area contributed by atoms with Crippen LogP contribution in [0.1, 0.15) is 38.2 Å². The van der Waals surface area contributed by atoms with Crippen molar-refractivity contribution >= 4 is 28.2 Å². The Labute approximate surface area is 302 Å². The van der Waals surface area contributed by atoms with Gasteiger partial charge in [0.2, 0.25) is 5.91 Å². The van der Waals surface area contributed by atoms with E-state index in [2.05, 4.69) is 11.4 Å². The molecule has 0 spiro atoms. The first-order valence-corrected chi connectivity index (χ1v) is 18.0. The third-order valence-corrected chi connectivity index (χ3v) is 7.22. The summed E-state index contributed by atoms with van der Waals surface area (Å²) in [5, 5.41) is 5.18. The van der Waals surface area contributed by atoms with Gasteiger partial charge in [0, 0.05) is 32.4 Å². The normalized spacial score (nSPS) is 11.3. The van der Waals surface area contributed by atoms with Crippen molar-refractivity contribution in [2.75, 3.05) is 125 Å². The number of rotatable bonds is 36. The van der Waals surface area contributed by atoms with Crippen LogP contribution in [0.25, 0.3) is 10.8 Å². The van der Waals surface area contributed by atoms with Crippen LogP contribution in [0.4, 0.5) is 0 Å². The van der Waals surface area contributed by atoms with Crippen molar-refractivity contribution in [3.05, 3.63) is 48.0 Å². The Hall–Kier alpha value is -2.85. The fraction of sp³-hybridized carbons (Fsp3) is 0.658. The zero-order chi connectivity index (χ0) is 36.5. The average Bonchev–Trinajstić information content (AvgIpc) is 3.12. The molecule has 1 amide bonds. The van der Waals surface area contributed by atoms with Gasteiger partial charge in [-0.25, -0.2) is 0 Å². The summed E-state index contributed by atoms with van der Waals surface area (Å²) in [6.45, 7) is 10.2. The molecule has 0 aliphatic rings. The molecule has 2 aromatic carbocycles. The highest BCUT2D eigenvalue weighted by Crippen LogP contribution is 2.15. The molecule has 51 heavy (non-hydrogen) atoms. The molecule has 0 fully saturated rings. The molecule has 0 aliphatic carbocycles. The van der Waals surface area contributed by atoms with Gasteiger partial charge in [0.05, 0.1) is 119 Å². The smallest absolute Gasteiger partial charge is 0.224 e. The molecule has 13 heteroatoms. The summed E-state index contributed by atoms with van der Waals surface area (Å²) in [4.78, 5) is 34.8. The van der Waals surface area contributed by atoms with E-state index < -0.39 is 0 Å². The number of carbonyl (C=O) groups excluding carboxylic acids is 3. The van der Waals surface area contributed by atoms with Gasteiger partial charge in [-0.1, -0.05) is 42.5 Å². The van der Waals surface area contributed by atoms with Crippen LogP contribution in [0.2, 0.25) is 0 Å². The third-order valence-electron chi connectivity index (χ3n) is 7.22. The van der Waals surface area contributed by atoms with E-state index in [4.69, 9.17) is 42.6 Å². The molecule has 0 aromatic heterocycles. The summed E-state index contributed by atoms with van der Waals surface area (Å²) >= 11 is 0. The lowest BCUT2D eigenvalue weighted by atomic mass is 10.1. The number of fused-ring (bicyclic) bond motifs is 1. The Morgan fingerprint density at radius 3 is 1.47 bits per heavy atom. The van der Waals surface area contributed by atoms with Crippen molar-refractivity contribution in [1.82, 2.24) is 5.32 Å². The summed E-state index contributed by atoms with van der Waals surface area (Å²) < 4.78 is 49.1. The van der Waals surface area contributed by atoms with Crippen LogP contribution in [-0.4, -0.2) is 143 Å². The van der Waals surface area contributed by atoms with Gasteiger partial charge in [-0.3, -0.25) is 14.4 Å². The number of hydrogen-bond donors (Lipinski definition) is 1. The largest absolute Gasteiger partial charge is 0.381 e. The maximum Gasteiger partial charge on any atom is 0.224 e. The van der Waals surface area contributed by atoms with E-state index in [1.54, 1.807) is 0 Å². The highest BCUT2D eigenvalue weighted by Gasteiger charge is 2.05. The Balaban J connectivity index is 1.19. The second-order valence-corrected chi connectivity index (χ2v) is 11.6. The van der Waals surface area contributed by atoms with Crippen molar-refractivity contribution in [2.45, 2.75) is 39.0 Å². The summed E-state index contributed by atoms with van der Waals surface area (Å²) in [6.07, 6.45) is 2.26. The summed E-state index contributed by atoms with van der Waals surface area (Å²) in [7, 11) is 0. The SMILES string of the molecule is CC(=O)CCOCCCC(=O)CCOCCOCCOCCOCCOCCOCCOCCOCCNC(=O)Cc1ccc2ccccc2c1. The van der Waals surface area contributed by atoms with E-state index in [1.165, 1.54) is 6.92 Å². The maximum atomic E-state index is 12.2. The lowest BCUT2D eigenvalue weighted by Gasteiger charge is -2.09. The van der Waals surface area contributed by atoms with Crippen molar-refractivity contribution in [2.24, 2.45) is 0 Å². The average molecular weight is 722 g/mol. The van der Waals surface area contributed by atoms with Crippen LogP contribution in [0, 0.1) is 0 Å². The number of carbonyl (C=O) groups is 3. The van der Waals surface area contributed by atoms with Gasteiger partial charge in [0.25, 0.3) is 0 Å². The first-order valence-electron chi connectivity index (χ1n) is 18.0. The highest BCUT2D eigenvalue weighted by atomic mass is 16.6. The van der Waals surface area contributed by atoms with E-state index in [-0.39, 0.29) is 17.5 Å². The third kappa shape index (κ3) is 26.6. The lowest BCUT2D eigenvalue weighted by molar-refractivity contribution is -0.121. The molecule has 0 radical (unpaired) electrons. The monoisotopic (exact) mass is 721 g/mol. The van der Waals surface area contributed by atoms with Gasteiger partial charge in [-0.05, 0) is 29.7 Å². The molecule has 0 unspecified atom stereocenters. The summed E-state index contributed by atoms with van der Waals surface area (Å²) in [6, 6.07) is 14.2. The van der Waals surface area contributed by atoms with Gasteiger partial charge >= 0.3 is 0 Å². The number of hydrogen-bond acceptors (Lipinski definition) is 12. The number of nitrogens with one attached hydrogen (secondary N) is 1. The molecule has 0 aliphatic heterocycles. The Morgan fingerprint density at radius 1 is 0.490 bits per heavy atom. The number of Topliss-reactive ketones (excluding diaryl/α,β-unsaturated/α-hetero) is 2.